The van der Waals surface area contributed by atoms with Crippen LogP contribution in [0.3, 0.4) is 0 Å². The molecule has 1 unspecified atom stereocenters. The van der Waals surface area contributed by atoms with Crippen LogP contribution in [0, 0.1) is 11.3 Å². The summed E-state index contributed by atoms with van der Waals surface area (Å²) in [5.41, 5.74) is 0.382. The van der Waals surface area contributed by atoms with E-state index in [0.29, 0.717) is 11.6 Å². The van der Waals surface area contributed by atoms with E-state index in [0.717, 1.165) is 5.56 Å². The van der Waals surface area contributed by atoms with E-state index in [1.165, 1.54) is 0 Å². The highest BCUT2D eigenvalue weighted by Crippen LogP contribution is 2.32. The van der Waals surface area contributed by atoms with E-state index in [1.54, 1.807) is 19.1 Å². The zero-order chi connectivity index (χ0) is 13.6. The molecule has 0 saturated heterocycles. The lowest BCUT2D eigenvalue weighted by Crippen LogP contribution is -2.26. The first-order valence-corrected chi connectivity index (χ1v) is 6.18. The van der Waals surface area contributed by atoms with Crippen LogP contribution in [0.25, 0.3) is 0 Å². The SMILES string of the molecule is CCOC(=O)CC(C)(CC#N)c1ccc(Cl)cc1. The van der Waals surface area contributed by atoms with E-state index in [1.807, 2.05) is 19.1 Å². The van der Waals surface area contributed by atoms with Gasteiger partial charge < -0.3 is 4.74 Å². The van der Waals surface area contributed by atoms with E-state index in [2.05, 4.69) is 6.07 Å². The first-order chi connectivity index (χ1) is 8.51. The minimum absolute atomic E-state index is 0.191. The minimum atomic E-state index is -0.536. The molecule has 0 heterocycles. The van der Waals surface area contributed by atoms with E-state index in [4.69, 9.17) is 21.6 Å². The normalized spacial score (nSPS) is 13.4. The van der Waals surface area contributed by atoms with Crippen molar-refractivity contribution in [3.63, 3.8) is 0 Å². The van der Waals surface area contributed by atoms with Gasteiger partial charge in [0.05, 0.1) is 19.1 Å². The molecule has 0 bridgehead atoms. The number of hydrogen-bond acceptors (Lipinski definition) is 3. The highest BCUT2D eigenvalue weighted by atomic mass is 35.5. The minimum Gasteiger partial charge on any atom is -0.466 e. The van der Waals surface area contributed by atoms with Crippen molar-refractivity contribution in [1.82, 2.24) is 0 Å². The summed E-state index contributed by atoms with van der Waals surface area (Å²) in [4.78, 5) is 11.6. The number of benzene rings is 1. The number of esters is 1. The summed E-state index contributed by atoms with van der Waals surface area (Å²) in [7, 11) is 0. The maximum Gasteiger partial charge on any atom is 0.306 e. The molecule has 3 nitrogen and oxygen atoms in total. The van der Waals surface area contributed by atoms with Crippen LogP contribution in [0.15, 0.2) is 24.3 Å². The van der Waals surface area contributed by atoms with Gasteiger partial charge in [-0.25, -0.2) is 0 Å². The predicted octanol–water partition coefficient (Wildman–Crippen LogP) is 3.46. The molecule has 0 aromatic heterocycles. The number of ether oxygens (including phenoxy) is 1. The smallest absolute Gasteiger partial charge is 0.306 e. The molecule has 0 fully saturated rings. The van der Waals surface area contributed by atoms with Gasteiger partial charge >= 0.3 is 5.97 Å². The third-order valence-corrected chi connectivity index (χ3v) is 3.10. The second kappa shape index (κ2) is 6.42. The lowest BCUT2D eigenvalue weighted by atomic mass is 9.77. The first kappa shape index (κ1) is 14.5. The Morgan fingerprint density at radius 3 is 2.56 bits per heavy atom. The Morgan fingerprint density at radius 1 is 1.44 bits per heavy atom. The van der Waals surface area contributed by atoms with E-state index < -0.39 is 5.41 Å². The fraction of sp³-hybridized carbons (Fsp3) is 0.429. The molecule has 0 radical (unpaired) electrons. The van der Waals surface area contributed by atoms with Crippen molar-refractivity contribution in [1.29, 1.82) is 5.26 Å². The highest BCUT2D eigenvalue weighted by molar-refractivity contribution is 6.30. The number of rotatable bonds is 5. The van der Waals surface area contributed by atoms with Gasteiger partial charge in [-0.1, -0.05) is 30.7 Å². The Bertz CT molecular complexity index is 450. The van der Waals surface area contributed by atoms with Crippen LogP contribution in [-0.4, -0.2) is 12.6 Å². The van der Waals surface area contributed by atoms with E-state index in [9.17, 15) is 4.79 Å². The average Bonchev–Trinajstić information content (AvgIpc) is 2.30. The highest BCUT2D eigenvalue weighted by Gasteiger charge is 2.30. The molecule has 0 saturated carbocycles. The molecule has 4 heteroatoms. The number of halogens is 1. The van der Waals surface area contributed by atoms with Gasteiger partial charge in [-0.05, 0) is 24.6 Å². The molecule has 0 amide bonds. The van der Waals surface area contributed by atoms with E-state index in [-0.39, 0.29) is 18.8 Å². The Balaban J connectivity index is 2.96. The van der Waals surface area contributed by atoms with Gasteiger partial charge in [0.25, 0.3) is 0 Å². The number of hydrogen-bond donors (Lipinski definition) is 0. The van der Waals surface area contributed by atoms with Gasteiger partial charge in [0, 0.05) is 16.9 Å². The fourth-order valence-electron chi connectivity index (χ4n) is 1.82. The second-order valence-corrected chi connectivity index (χ2v) is 4.82. The third kappa shape index (κ3) is 3.75. The summed E-state index contributed by atoms with van der Waals surface area (Å²) in [5.74, 6) is -0.287. The second-order valence-electron chi connectivity index (χ2n) is 4.38. The van der Waals surface area contributed by atoms with Crippen molar-refractivity contribution in [3.05, 3.63) is 34.9 Å². The third-order valence-electron chi connectivity index (χ3n) is 2.85. The molecule has 18 heavy (non-hydrogen) atoms. The average molecular weight is 266 g/mol. The number of carbonyl (C=O) groups excluding carboxylic acids is 1. The summed E-state index contributed by atoms with van der Waals surface area (Å²) in [5, 5.41) is 9.57. The topological polar surface area (TPSA) is 50.1 Å². The van der Waals surface area contributed by atoms with Crippen LogP contribution >= 0.6 is 11.6 Å². The quantitative estimate of drug-likeness (QED) is 0.766. The molecular formula is C14H16ClNO2. The number of nitriles is 1. The van der Waals surface area contributed by atoms with Gasteiger partial charge in [-0.2, -0.15) is 5.26 Å². The van der Waals surface area contributed by atoms with Crippen LogP contribution in [0.4, 0.5) is 0 Å². The van der Waals surface area contributed by atoms with Crippen molar-refractivity contribution >= 4 is 17.6 Å². The van der Waals surface area contributed by atoms with Crippen LogP contribution in [-0.2, 0) is 14.9 Å². The largest absolute Gasteiger partial charge is 0.466 e. The molecule has 1 atom stereocenters. The molecule has 1 rings (SSSR count). The molecule has 0 aliphatic heterocycles. The van der Waals surface area contributed by atoms with Gasteiger partial charge in [-0.3, -0.25) is 4.79 Å². The van der Waals surface area contributed by atoms with Gasteiger partial charge in [0.1, 0.15) is 0 Å². The van der Waals surface area contributed by atoms with Crippen molar-refractivity contribution in [2.24, 2.45) is 0 Å². The van der Waals surface area contributed by atoms with Gasteiger partial charge in [0.15, 0.2) is 0 Å². The van der Waals surface area contributed by atoms with Crippen molar-refractivity contribution in [2.45, 2.75) is 32.1 Å². The number of nitrogens with zero attached hydrogens (tertiary/aromatic N) is 1. The fourth-order valence-corrected chi connectivity index (χ4v) is 1.95. The summed E-state index contributed by atoms with van der Waals surface area (Å²) in [6, 6.07) is 9.34. The Labute approximate surface area is 112 Å². The standard InChI is InChI=1S/C14H16ClNO2/c1-3-18-13(17)10-14(2,8-9-16)11-4-6-12(15)7-5-11/h4-7H,3,8,10H2,1-2H3. The predicted molar refractivity (Wildman–Crippen MR) is 70.3 cm³/mol. The Morgan fingerprint density at radius 2 is 2.06 bits per heavy atom. The zero-order valence-electron chi connectivity index (χ0n) is 10.6. The maximum absolute atomic E-state index is 11.6. The van der Waals surface area contributed by atoms with Crippen LogP contribution in [0.2, 0.25) is 5.02 Å². The summed E-state index contributed by atoms with van der Waals surface area (Å²) in [6.45, 7) is 4.00. The van der Waals surface area contributed by atoms with Crippen LogP contribution < -0.4 is 0 Å². The van der Waals surface area contributed by atoms with Crippen molar-refractivity contribution < 1.29 is 9.53 Å². The molecule has 0 aliphatic rings. The molecule has 96 valence electrons. The summed E-state index contributed by atoms with van der Waals surface area (Å²) >= 11 is 5.84. The zero-order valence-corrected chi connectivity index (χ0v) is 11.3. The first-order valence-electron chi connectivity index (χ1n) is 5.80. The van der Waals surface area contributed by atoms with Crippen molar-refractivity contribution in [3.8, 4) is 6.07 Å². The molecule has 0 spiro atoms. The maximum atomic E-state index is 11.6. The number of carbonyl (C=O) groups is 1. The molecule has 1 aromatic carbocycles. The van der Waals surface area contributed by atoms with Gasteiger partial charge in [0.2, 0.25) is 0 Å². The van der Waals surface area contributed by atoms with Crippen molar-refractivity contribution in [2.75, 3.05) is 6.61 Å². The molecule has 0 N–H and O–H groups in total. The Hall–Kier alpha value is -1.53. The van der Waals surface area contributed by atoms with E-state index >= 15 is 0 Å². The lowest BCUT2D eigenvalue weighted by molar-refractivity contribution is -0.144. The Kier molecular flexibility index (Phi) is 5.18. The lowest BCUT2D eigenvalue weighted by Gasteiger charge is -2.26. The monoisotopic (exact) mass is 265 g/mol. The van der Waals surface area contributed by atoms with Crippen LogP contribution in [0.1, 0.15) is 32.3 Å². The van der Waals surface area contributed by atoms with Gasteiger partial charge in [-0.15, -0.1) is 0 Å². The molecule has 1 aromatic rings. The van der Waals surface area contributed by atoms with Crippen LogP contribution in [0.5, 0.6) is 0 Å². The molecule has 0 aliphatic carbocycles. The molecular weight excluding hydrogens is 250 g/mol. The summed E-state index contributed by atoms with van der Waals surface area (Å²) in [6.07, 6.45) is 0.448. The summed E-state index contributed by atoms with van der Waals surface area (Å²) < 4.78 is 4.95.